The van der Waals surface area contributed by atoms with Gasteiger partial charge in [0.1, 0.15) is 5.75 Å². The third-order valence-corrected chi connectivity index (χ3v) is 6.65. The van der Waals surface area contributed by atoms with Crippen LogP contribution in [0, 0.1) is 17.8 Å². The Morgan fingerprint density at radius 1 is 1.10 bits per heavy atom. The molecule has 2 aromatic carbocycles. The number of amides is 2. The van der Waals surface area contributed by atoms with E-state index in [-0.39, 0.29) is 23.7 Å². The molecule has 1 heterocycles. The topological polar surface area (TPSA) is 59.0 Å². The van der Waals surface area contributed by atoms with E-state index in [1.165, 1.54) is 0 Å². The van der Waals surface area contributed by atoms with Crippen LogP contribution in [0.5, 0.6) is 5.75 Å². The van der Waals surface area contributed by atoms with Gasteiger partial charge in [0.2, 0.25) is 0 Å². The highest BCUT2D eigenvalue weighted by atomic mass is 35.5. The van der Waals surface area contributed by atoms with Gasteiger partial charge in [0.15, 0.2) is 0 Å². The molecule has 5 rings (SSSR count). The van der Waals surface area contributed by atoms with Crippen molar-refractivity contribution in [2.24, 2.45) is 22.9 Å². The molecule has 0 spiro atoms. The molecule has 2 fully saturated rings. The molecule has 1 saturated heterocycles. The van der Waals surface area contributed by atoms with Crippen molar-refractivity contribution in [2.75, 3.05) is 7.11 Å². The molecule has 0 aromatic heterocycles. The third kappa shape index (κ3) is 2.50. The lowest BCUT2D eigenvalue weighted by Gasteiger charge is -2.33. The fourth-order valence-corrected chi connectivity index (χ4v) is 5.25. The van der Waals surface area contributed by atoms with Crippen LogP contribution in [0.25, 0.3) is 0 Å². The highest BCUT2D eigenvalue weighted by Gasteiger charge is 2.70. The molecular formula is C23H19ClN2O3. The van der Waals surface area contributed by atoms with E-state index in [4.69, 9.17) is 16.3 Å². The number of ether oxygens (including phenoxy) is 1. The van der Waals surface area contributed by atoms with Gasteiger partial charge >= 0.3 is 0 Å². The molecule has 29 heavy (non-hydrogen) atoms. The van der Waals surface area contributed by atoms with Crippen LogP contribution in [-0.4, -0.2) is 30.1 Å². The van der Waals surface area contributed by atoms with Crippen molar-refractivity contribution < 1.29 is 14.3 Å². The van der Waals surface area contributed by atoms with E-state index in [0.717, 1.165) is 28.3 Å². The molecular weight excluding hydrogens is 388 g/mol. The number of methoxy groups -OCH3 is 1. The second-order valence-corrected chi connectivity index (χ2v) is 8.15. The number of hydrogen-bond acceptors (Lipinski definition) is 4. The average Bonchev–Trinajstić information content (AvgIpc) is 3.40. The zero-order chi connectivity index (χ0) is 20.2. The standard InChI is InChI=1S/C23H19ClN2O3/c1-29-19-10-2-14(3-11-19)13-25-26-21(27)20-15-4-5-17(12-15)23(20,22(26)28)16-6-8-18(24)9-7-16/h2-11,13,15,17,20H,12H2,1H3/b25-13+. The van der Waals surface area contributed by atoms with Gasteiger partial charge in [-0.1, -0.05) is 35.9 Å². The van der Waals surface area contributed by atoms with Crippen molar-refractivity contribution >= 4 is 29.6 Å². The number of benzene rings is 2. The smallest absolute Gasteiger partial charge is 0.262 e. The number of imide groups is 1. The number of hydrazone groups is 1. The average molecular weight is 407 g/mol. The zero-order valence-electron chi connectivity index (χ0n) is 15.8. The van der Waals surface area contributed by atoms with Gasteiger partial charge in [0.25, 0.3) is 11.8 Å². The summed E-state index contributed by atoms with van der Waals surface area (Å²) in [6.07, 6.45) is 6.52. The predicted molar refractivity (Wildman–Crippen MR) is 110 cm³/mol. The first-order valence-electron chi connectivity index (χ1n) is 9.56. The van der Waals surface area contributed by atoms with Gasteiger partial charge in [0.05, 0.1) is 24.7 Å². The van der Waals surface area contributed by atoms with E-state index in [9.17, 15) is 9.59 Å². The summed E-state index contributed by atoms with van der Waals surface area (Å²) in [7, 11) is 1.60. The maximum absolute atomic E-state index is 13.6. The summed E-state index contributed by atoms with van der Waals surface area (Å²) in [5.41, 5.74) is 0.729. The molecule has 2 aliphatic carbocycles. The van der Waals surface area contributed by atoms with Gasteiger partial charge in [-0.25, -0.2) is 0 Å². The molecule has 0 N–H and O–H groups in total. The van der Waals surface area contributed by atoms with Crippen LogP contribution >= 0.6 is 11.6 Å². The Labute approximate surface area is 173 Å². The van der Waals surface area contributed by atoms with Gasteiger partial charge in [0, 0.05) is 5.02 Å². The zero-order valence-corrected chi connectivity index (χ0v) is 16.5. The Bertz CT molecular complexity index is 1040. The van der Waals surface area contributed by atoms with Crippen molar-refractivity contribution in [1.29, 1.82) is 0 Å². The number of halogens is 1. The summed E-state index contributed by atoms with van der Waals surface area (Å²) in [6.45, 7) is 0. The molecule has 5 nitrogen and oxygen atoms in total. The first-order valence-corrected chi connectivity index (χ1v) is 9.94. The number of fused-ring (bicyclic) bond motifs is 5. The number of carbonyl (C=O) groups is 2. The number of allylic oxidation sites excluding steroid dienone is 2. The molecule has 1 saturated carbocycles. The van der Waals surface area contributed by atoms with Crippen LogP contribution in [0.15, 0.2) is 65.8 Å². The van der Waals surface area contributed by atoms with Gasteiger partial charge in [-0.3, -0.25) is 9.59 Å². The molecule has 2 bridgehead atoms. The van der Waals surface area contributed by atoms with E-state index in [0.29, 0.717) is 5.02 Å². The maximum Gasteiger partial charge on any atom is 0.262 e. The summed E-state index contributed by atoms with van der Waals surface area (Å²) in [6, 6.07) is 14.6. The lowest BCUT2D eigenvalue weighted by Crippen LogP contribution is -2.43. The Morgan fingerprint density at radius 2 is 1.83 bits per heavy atom. The van der Waals surface area contributed by atoms with Crippen LogP contribution in [0.2, 0.25) is 5.02 Å². The first-order chi connectivity index (χ1) is 14.1. The maximum atomic E-state index is 13.6. The summed E-state index contributed by atoms with van der Waals surface area (Å²) in [5.74, 6) is -0.110. The lowest BCUT2D eigenvalue weighted by molar-refractivity contribution is -0.141. The highest BCUT2D eigenvalue weighted by molar-refractivity contribution is 6.30. The fraction of sp³-hybridized carbons (Fsp3) is 0.261. The Hall–Kier alpha value is -2.92. The Morgan fingerprint density at radius 3 is 2.52 bits per heavy atom. The molecule has 4 unspecified atom stereocenters. The van der Waals surface area contributed by atoms with Crippen molar-refractivity contribution in [3.05, 3.63) is 76.8 Å². The summed E-state index contributed by atoms with van der Waals surface area (Å²) < 4.78 is 5.15. The second kappa shape index (κ2) is 6.56. The van der Waals surface area contributed by atoms with Crippen molar-refractivity contribution in [1.82, 2.24) is 5.01 Å². The minimum Gasteiger partial charge on any atom is -0.497 e. The van der Waals surface area contributed by atoms with Gasteiger partial charge in [-0.15, -0.1) is 0 Å². The minimum atomic E-state index is -0.891. The second-order valence-electron chi connectivity index (χ2n) is 7.72. The van der Waals surface area contributed by atoms with E-state index < -0.39 is 11.3 Å². The van der Waals surface area contributed by atoms with Crippen LogP contribution in [0.1, 0.15) is 17.5 Å². The van der Waals surface area contributed by atoms with Crippen molar-refractivity contribution in [3.63, 3.8) is 0 Å². The number of nitrogens with zero attached hydrogens (tertiary/aromatic N) is 2. The van der Waals surface area contributed by atoms with E-state index in [2.05, 4.69) is 17.3 Å². The summed E-state index contributed by atoms with van der Waals surface area (Å²) >= 11 is 6.06. The molecule has 2 amide bonds. The number of rotatable bonds is 4. The van der Waals surface area contributed by atoms with Crippen LogP contribution in [0.4, 0.5) is 0 Å². The number of carbonyl (C=O) groups excluding carboxylic acids is 2. The van der Waals surface area contributed by atoms with Gasteiger partial charge < -0.3 is 4.74 Å². The molecule has 2 aromatic rings. The monoisotopic (exact) mass is 406 g/mol. The van der Waals surface area contributed by atoms with Crippen molar-refractivity contribution in [3.8, 4) is 5.75 Å². The molecule has 6 heteroatoms. The summed E-state index contributed by atoms with van der Waals surface area (Å²) in [5, 5.41) is 5.96. The van der Waals surface area contributed by atoms with E-state index in [1.54, 1.807) is 25.5 Å². The minimum absolute atomic E-state index is 0.00341. The molecule has 0 radical (unpaired) electrons. The predicted octanol–water partition coefficient (Wildman–Crippen LogP) is 3.81. The SMILES string of the molecule is COc1ccc(/C=N/N2C(=O)C3C4C=CC(C4)C3(c3ccc(Cl)cc3)C2=O)cc1. The molecule has 146 valence electrons. The largest absolute Gasteiger partial charge is 0.497 e. The molecule has 1 aliphatic heterocycles. The Kier molecular flexibility index (Phi) is 4.10. The number of hydrogen-bond donors (Lipinski definition) is 0. The quantitative estimate of drug-likeness (QED) is 0.440. The van der Waals surface area contributed by atoms with E-state index >= 15 is 0 Å². The Balaban J connectivity index is 1.53. The van der Waals surface area contributed by atoms with Crippen LogP contribution in [0.3, 0.4) is 0 Å². The normalized spacial score (nSPS) is 29.9. The highest BCUT2D eigenvalue weighted by Crippen LogP contribution is 2.61. The lowest BCUT2D eigenvalue weighted by atomic mass is 9.65. The molecule has 4 atom stereocenters. The van der Waals surface area contributed by atoms with Crippen LogP contribution in [-0.2, 0) is 15.0 Å². The van der Waals surface area contributed by atoms with Crippen molar-refractivity contribution in [2.45, 2.75) is 11.8 Å². The van der Waals surface area contributed by atoms with E-state index in [1.807, 2.05) is 36.4 Å². The molecule has 3 aliphatic rings. The van der Waals surface area contributed by atoms with Gasteiger partial charge in [-0.05, 0) is 65.8 Å². The fourth-order valence-electron chi connectivity index (χ4n) is 5.12. The first kappa shape index (κ1) is 18.1. The van der Waals surface area contributed by atoms with Gasteiger partial charge in [-0.2, -0.15) is 10.1 Å². The summed E-state index contributed by atoms with van der Waals surface area (Å²) in [4.78, 5) is 26.9. The van der Waals surface area contributed by atoms with Crippen LogP contribution < -0.4 is 4.74 Å². The third-order valence-electron chi connectivity index (χ3n) is 6.40.